The van der Waals surface area contributed by atoms with Crippen molar-refractivity contribution in [1.82, 2.24) is 10.6 Å². The molecule has 2 unspecified atom stereocenters. The van der Waals surface area contributed by atoms with E-state index in [1.54, 1.807) is 6.07 Å². The molecule has 1 heterocycles. The molecule has 3 rings (SSSR count). The summed E-state index contributed by atoms with van der Waals surface area (Å²) in [5, 5.41) is 6.58. The zero-order chi connectivity index (χ0) is 15.7. The minimum atomic E-state index is -0.140. The summed E-state index contributed by atoms with van der Waals surface area (Å²) in [5.41, 5.74) is 1.75. The molecule has 23 heavy (non-hydrogen) atoms. The molecule has 0 aromatic heterocycles. The Morgan fingerprint density at radius 3 is 2.83 bits per heavy atom. The lowest BCUT2D eigenvalue weighted by molar-refractivity contribution is -0.127. The zero-order valence-electron chi connectivity index (χ0n) is 13.8. The standard InChI is InChI=1S/C18H25FN2O.ClH/c1-11-6-7-14-15(4-3-5-16(14)19)17(11)21-18(22)13-8-9-20-12(2)10-13;/h3-5,11-13,17,20H,6-10H2,1-2H3,(H,21,22);1H/t11?,12-,13-,17?;/m0./s1. The second kappa shape index (κ2) is 7.63. The summed E-state index contributed by atoms with van der Waals surface area (Å²) in [6.07, 6.45) is 3.44. The molecule has 3 nitrogen and oxygen atoms in total. The van der Waals surface area contributed by atoms with Gasteiger partial charge >= 0.3 is 0 Å². The summed E-state index contributed by atoms with van der Waals surface area (Å²) in [4.78, 5) is 12.6. The lowest BCUT2D eigenvalue weighted by Gasteiger charge is -2.34. The number of nitrogens with one attached hydrogen (secondary N) is 2. The van der Waals surface area contributed by atoms with Gasteiger partial charge in [-0.25, -0.2) is 4.39 Å². The molecule has 0 radical (unpaired) electrons. The molecular weight excluding hydrogens is 315 g/mol. The predicted octanol–water partition coefficient (Wildman–Crippen LogP) is 3.38. The maximum absolute atomic E-state index is 14.0. The van der Waals surface area contributed by atoms with Crippen molar-refractivity contribution in [3.8, 4) is 0 Å². The Labute approximate surface area is 143 Å². The average Bonchev–Trinajstić information content (AvgIpc) is 2.50. The summed E-state index contributed by atoms with van der Waals surface area (Å²) in [6, 6.07) is 5.56. The number of halogens is 2. The average molecular weight is 341 g/mol. The third-order valence-corrected chi connectivity index (χ3v) is 5.20. The molecular formula is C18H26ClFN2O. The first-order valence-corrected chi connectivity index (χ1v) is 8.37. The molecule has 0 saturated carbocycles. The topological polar surface area (TPSA) is 41.1 Å². The van der Waals surface area contributed by atoms with Crippen LogP contribution < -0.4 is 10.6 Å². The van der Waals surface area contributed by atoms with Crippen molar-refractivity contribution in [3.63, 3.8) is 0 Å². The van der Waals surface area contributed by atoms with Crippen LogP contribution in [-0.4, -0.2) is 18.5 Å². The van der Waals surface area contributed by atoms with Gasteiger partial charge in [-0.3, -0.25) is 4.79 Å². The van der Waals surface area contributed by atoms with Crippen molar-refractivity contribution in [3.05, 3.63) is 35.1 Å². The molecule has 5 heteroatoms. The highest BCUT2D eigenvalue weighted by atomic mass is 35.5. The van der Waals surface area contributed by atoms with Gasteiger partial charge in [-0.05, 0) is 62.3 Å². The molecule has 128 valence electrons. The van der Waals surface area contributed by atoms with Gasteiger partial charge in [0.1, 0.15) is 5.82 Å². The quantitative estimate of drug-likeness (QED) is 0.866. The smallest absolute Gasteiger partial charge is 0.223 e. The molecule has 2 aliphatic rings. The highest BCUT2D eigenvalue weighted by molar-refractivity contribution is 5.85. The first-order chi connectivity index (χ1) is 10.6. The van der Waals surface area contributed by atoms with Crippen LogP contribution in [0.4, 0.5) is 4.39 Å². The van der Waals surface area contributed by atoms with Crippen LogP contribution in [0.1, 0.15) is 50.3 Å². The minimum Gasteiger partial charge on any atom is -0.349 e. The van der Waals surface area contributed by atoms with Crippen LogP contribution in [0.5, 0.6) is 0 Å². The van der Waals surface area contributed by atoms with Crippen molar-refractivity contribution in [1.29, 1.82) is 0 Å². The van der Waals surface area contributed by atoms with Crippen LogP contribution in [0.15, 0.2) is 18.2 Å². The highest BCUT2D eigenvalue weighted by Gasteiger charge is 2.32. The van der Waals surface area contributed by atoms with Crippen LogP contribution in [0.2, 0.25) is 0 Å². The molecule has 1 saturated heterocycles. The van der Waals surface area contributed by atoms with Crippen molar-refractivity contribution in [2.45, 2.75) is 51.6 Å². The molecule has 1 aromatic rings. The Morgan fingerprint density at radius 2 is 2.09 bits per heavy atom. The number of amides is 1. The number of rotatable bonds is 2. The summed E-state index contributed by atoms with van der Waals surface area (Å²) >= 11 is 0. The van der Waals surface area contributed by atoms with Crippen LogP contribution in [0.25, 0.3) is 0 Å². The van der Waals surface area contributed by atoms with Crippen LogP contribution in [0, 0.1) is 17.7 Å². The lowest BCUT2D eigenvalue weighted by Crippen LogP contribution is -2.45. The minimum absolute atomic E-state index is 0. The van der Waals surface area contributed by atoms with Crippen LogP contribution in [-0.2, 0) is 11.2 Å². The SMILES string of the molecule is CC1CCc2c(F)cccc2C1NC(=O)[C@H]1CCN[C@@H](C)C1.Cl. The second-order valence-corrected chi connectivity index (χ2v) is 6.89. The Hall–Kier alpha value is -1.13. The second-order valence-electron chi connectivity index (χ2n) is 6.89. The Bertz CT molecular complexity index is 566. The maximum Gasteiger partial charge on any atom is 0.223 e. The van der Waals surface area contributed by atoms with E-state index in [9.17, 15) is 9.18 Å². The van der Waals surface area contributed by atoms with Crippen LogP contribution in [0.3, 0.4) is 0 Å². The molecule has 2 N–H and O–H groups in total. The summed E-state index contributed by atoms with van der Waals surface area (Å²) in [7, 11) is 0. The Kier molecular flexibility index (Phi) is 6.04. The fraction of sp³-hybridized carbons (Fsp3) is 0.611. The third kappa shape index (κ3) is 3.86. The summed E-state index contributed by atoms with van der Waals surface area (Å²) < 4.78 is 14.0. The zero-order valence-corrected chi connectivity index (χ0v) is 14.6. The van der Waals surface area contributed by atoms with E-state index >= 15 is 0 Å². The molecule has 0 bridgehead atoms. The predicted molar refractivity (Wildman–Crippen MR) is 92.2 cm³/mol. The van der Waals surface area contributed by atoms with E-state index in [0.29, 0.717) is 12.0 Å². The number of carbonyl (C=O) groups excluding carboxylic acids is 1. The van der Waals surface area contributed by atoms with Crippen molar-refractivity contribution in [2.75, 3.05) is 6.54 Å². The maximum atomic E-state index is 14.0. The van der Waals surface area contributed by atoms with Crippen molar-refractivity contribution in [2.24, 2.45) is 11.8 Å². The normalized spacial score (nSPS) is 30.0. The summed E-state index contributed by atoms with van der Waals surface area (Å²) in [5.74, 6) is 0.404. The largest absolute Gasteiger partial charge is 0.349 e. The van der Waals surface area contributed by atoms with Gasteiger partial charge in [0, 0.05) is 12.0 Å². The van der Waals surface area contributed by atoms with Gasteiger partial charge < -0.3 is 10.6 Å². The number of benzene rings is 1. The van der Waals surface area contributed by atoms with E-state index in [4.69, 9.17) is 0 Å². The van der Waals surface area contributed by atoms with Gasteiger partial charge in [0.2, 0.25) is 5.91 Å². The van der Waals surface area contributed by atoms with E-state index in [1.165, 1.54) is 6.07 Å². The Balaban J connectivity index is 0.00000192. The number of hydrogen-bond donors (Lipinski definition) is 2. The van der Waals surface area contributed by atoms with Gasteiger partial charge in [-0.2, -0.15) is 0 Å². The first-order valence-electron chi connectivity index (χ1n) is 8.37. The van der Waals surface area contributed by atoms with E-state index in [1.807, 2.05) is 6.07 Å². The third-order valence-electron chi connectivity index (χ3n) is 5.20. The van der Waals surface area contributed by atoms with Gasteiger partial charge in [-0.1, -0.05) is 19.1 Å². The van der Waals surface area contributed by atoms with Gasteiger partial charge in [0.25, 0.3) is 0 Å². The first kappa shape index (κ1) is 18.2. The number of fused-ring (bicyclic) bond motifs is 1. The monoisotopic (exact) mass is 340 g/mol. The van der Waals surface area contributed by atoms with E-state index in [0.717, 1.165) is 43.4 Å². The van der Waals surface area contributed by atoms with Gasteiger partial charge in [-0.15, -0.1) is 12.4 Å². The molecule has 4 atom stereocenters. The molecule has 1 aromatic carbocycles. The summed E-state index contributed by atoms with van der Waals surface area (Å²) in [6.45, 7) is 5.15. The number of hydrogen-bond acceptors (Lipinski definition) is 2. The van der Waals surface area contributed by atoms with Crippen LogP contribution >= 0.6 is 12.4 Å². The van der Waals surface area contributed by atoms with Gasteiger partial charge in [0.15, 0.2) is 0 Å². The van der Waals surface area contributed by atoms with Crippen molar-refractivity contribution >= 4 is 18.3 Å². The fourth-order valence-electron chi connectivity index (χ4n) is 3.84. The Morgan fingerprint density at radius 1 is 1.30 bits per heavy atom. The van der Waals surface area contributed by atoms with E-state index in [2.05, 4.69) is 24.5 Å². The molecule has 1 aliphatic carbocycles. The highest BCUT2D eigenvalue weighted by Crippen LogP contribution is 2.35. The van der Waals surface area contributed by atoms with Gasteiger partial charge in [0.05, 0.1) is 6.04 Å². The molecule has 1 amide bonds. The molecule has 1 fully saturated rings. The fourth-order valence-corrected chi connectivity index (χ4v) is 3.84. The van der Waals surface area contributed by atoms with E-state index < -0.39 is 0 Å². The molecule has 1 aliphatic heterocycles. The number of piperidine rings is 1. The lowest BCUT2D eigenvalue weighted by atomic mass is 9.80. The number of carbonyl (C=O) groups is 1. The van der Waals surface area contributed by atoms with E-state index in [-0.39, 0.29) is 36.1 Å². The van der Waals surface area contributed by atoms with Crippen molar-refractivity contribution < 1.29 is 9.18 Å². The molecule has 0 spiro atoms.